The van der Waals surface area contributed by atoms with Crippen LogP contribution in [0.4, 0.5) is 26.3 Å². The van der Waals surface area contributed by atoms with Gasteiger partial charge in [0.1, 0.15) is 11.7 Å². The second-order valence-electron chi connectivity index (χ2n) is 9.70. The zero-order valence-corrected chi connectivity index (χ0v) is 19.1. The quantitative estimate of drug-likeness (QED) is 0.392. The van der Waals surface area contributed by atoms with Gasteiger partial charge in [-0.15, -0.1) is 0 Å². The first kappa shape index (κ1) is 25.0. The van der Waals surface area contributed by atoms with Crippen LogP contribution in [0.2, 0.25) is 0 Å². The van der Waals surface area contributed by atoms with Gasteiger partial charge in [-0.05, 0) is 25.2 Å². The summed E-state index contributed by atoms with van der Waals surface area (Å²) in [4.78, 5) is 8.53. The Morgan fingerprint density at radius 2 is 1.32 bits per heavy atom. The van der Waals surface area contributed by atoms with E-state index in [0.717, 1.165) is 51.4 Å². The second-order valence-corrected chi connectivity index (χ2v) is 9.70. The highest BCUT2D eigenvalue weighted by atomic mass is 19.4. The number of rotatable bonds is 5. The SMILES string of the molecule is FC(F)(F)C1(C(F)(F)F)N=C(CCC2CCCCC2)N(C2CCCCC2)C(c2ccccc2)=N1. The molecule has 0 bridgehead atoms. The molecule has 1 aromatic rings. The zero-order chi connectivity index (χ0) is 24.4. The molecule has 0 saturated heterocycles. The van der Waals surface area contributed by atoms with E-state index in [2.05, 4.69) is 9.98 Å². The maximum absolute atomic E-state index is 14.2. The van der Waals surface area contributed by atoms with Gasteiger partial charge in [-0.1, -0.05) is 81.7 Å². The summed E-state index contributed by atoms with van der Waals surface area (Å²) in [7, 11) is 0. The molecule has 2 fully saturated rings. The Morgan fingerprint density at radius 1 is 0.765 bits per heavy atom. The lowest BCUT2D eigenvalue weighted by Gasteiger charge is -2.44. The van der Waals surface area contributed by atoms with Crippen molar-refractivity contribution >= 4 is 11.7 Å². The summed E-state index contributed by atoms with van der Waals surface area (Å²) in [6.07, 6.45) is -1.50. The van der Waals surface area contributed by atoms with Crippen molar-refractivity contribution in [3.8, 4) is 0 Å². The van der Waals surface area contributed by atoms with E-state index >= 15 is 0 Å². The third-order valence-corrected chi connectivity index (χ3v) is 7.33. The van der Waals surface area contributed by atoms with Crippen LogP contribution >= 0.6 is 0 Å². The largest absolute Gasteiger partial charge is 0.443 e. The van der Waals surface area contributed by atoms with E-state index in [4.69, 9.17) is 0 Å². The van der Waals surface area contributed by atoms with Crippen LogP contribution in [0.1, 0.15) is 82.6 Å². The summed E-state index contributed by atoms with van der Waals surface area (Å²) in [6.45, 7) is 0. The van der Waals surface area contributed by atoms with Crippen LogP contribution in [0.15, 0.2) is 40.3 Å². The van der Waals surface area contributed by atoms with Gasteiger partial charge in [0.05, 0.1) is 0 Å². The van der Waals surface area contributed by atoms with Crippen molar-refractivity contribution in [2.45, 2.75) is 101 Å². The molecule has 4 rings (SSSR count). The Hall–Kier alpha value is -2.06. The van der Waals surface area contributed by atoms with Crippen LogP contribution in [0, 0.1) is 5.92 Å². The van der Waals surface area contributed by atoms with Gasteiger partial charge < -0.3 is 4.90 Å². The van der Waals surface area contributed by atoms with Crippen LogP contribution in [-0.2, 0) is 0 Å². The van der Waals surface area contributed by atoms with Crippen LogP contribution in [0.25, 0.3) is 0 Å². The monoisotopic (exact) mass is 487 g/mol. The molecule has 9 heteroatoms. The first-order valence-electron chi connectivity index (χ1n) is 12.3. The van der Waals surface area contributed by atoms with Gasteiger partial charge in [-0.25, -0.2) is 9.98 Å². The van der Waals surface area contributed by atoms with Crippen LogP contribution in [-0.4, -0.2) is 40.6 Å². The van der Waals surface area contributed by atoms with E-state index in [1.165, 1.54) is 12.1 Å². The van der Waals surface area contributed by atoms with Gasteiger partial charge in [-0.2, -0.15) is 26.3 Å². The standard InChI is InChI=1S/C25H31F6N3/c26-24(27,28)23(25(29,30)31)32-21(17-16-18-10-4-1-5-11-18)34(20-14-8-3-9-15-20)22(33-23)19-12-6-2-7-13-19/h2,6-7,12-13,18,20H,1,3-5,8-11,14-17H2. The van der Waals surface area contributed by atoms with Crippen molar-refractivity contribution in [1.29, 1.82) is 0 Å². The molecular formula is C25H31F6N3. The molecule has 3 aliphatic rings. The highest BCUT2D eigenvalue weighted by Gasteiger charge is 2.74. The fourth-order valence-corrected chi connectivity index (χ4v) is 5.51. The molecule has 0 atom stereocenters. The Morgan fingerprint density at radius 3 is 1.88 bits per heavy atom. The fraction of sp³-hybridized carbons (Fsp3) is 0.680. The highest BCUT2D eigenvalue weighted by molar-refractivity contribution is 6.11. The molecule has 188 valence electrons. The number of aliphatic imine (C=N–C) groups is 2. The Bertz CT molecular complexity index is 864. The minimum absolute atomic E-state index is 0.0843. The second kappa shape index (κ2) is 9.90. The van der Waals surface area contributed by atoms with Crippen molar-refractivity contribution < 1.29 is 26.3 Å². The molecule has 1 aliphatic heterocycles. The smallest absolute Gasteiger partial charge is 0.311 e. The van der Waals surface area contributed by atoms with Crippen LogP contribution < -0.4 is 0 Å². The van der Waals surface area contributed by atoms with Crippen molar-refractivity contribution in [2.75, 3.05) is 0 Å². The van der Waals surface area contributed by atoms with E-state index in [9.17, 15) is 26.3 Å². The normalized spacial score (nSPS) is 22.9. The maximum Gasteiger partial charge on any atom is 0.443 e. The molecule has 0 aromatic heterocycles. The summed E-state index contributed by atoms with van der Waals surface area (Å²) in [5.41, 5.74) is -4.24. The number of halogens is 6. The number of benzene rings is 1. The van der Waals surface area contributed by atoms with Gasteiger partial charge in [0.2, 0.25) is 0 Å². The summed E-state index contributed by atoms with van der Waals surface area (Å²) in [5, 5.41) is 0. The number of amidine groups is 2. The molecule has 34 heavy (non-hydrogen) atoms. The lowest BCUT2D eigenvalue weighted by Crippen LogP contribution is -2.61. The van der Waals surface area contributed by atoms with Crippen molar-refractivity contribution in [2.24, 2.45) is 15.9 Å². The van der Waals surface area contributed by atoms with E-state index in [0.29, 0.717) is 25.2 Å². The molecule has 0 radical (unpaired) electrons. The van der Waals surface area contributed by atoms with Gasteiger partial charge in [0.25, 0.3) is 0 Å². The Labute approximate surface area is 196 Å². The number of alkyl halides is 6. The first-order valence-corrected chi connectivity index (χ1v) is 12.3. The summed E-state index contributed by atoms with van der Waals surface area (Å²) in [6, 6.07) is 7.72. The number of nitrogens with zero attached hydrogens (tertiary/aromatic N) is 3. The highest BCUT2D eigenvalue weighted by Crippen LogP contribution is 2.50. The molecule has 1 aromatic carbocycles. The molecule has 0 unspecified atom stereocenters. The number of hydrogen-bond donors (Lipinski definition) is 0. The molecule has 1 heterocycles. The lowest BCUT2D eigenvalue weighted by molar-refractivity contribution is -0.293. The molecule has 0 amide bonds. The van der Waals surface area contributed by atoms with Crippen LogP contribution in [0.3, 0.4) is 0 Å². The topological polar surface area (TPSA) is 28.0 Å². The Kier molecular flexibility index (Phi) is 7.29. The summed E-state index contributed by atoms with van der Waals surface area (Å²) >= 11 is 0. The minimum Gasteiger partial charge on any atom is -0.311 e. The van der Waals surface area contributed by atoms with E-state index in [1.807, 2.05) is 0 Å². The number of hydrogen-bond acceptors (Lipinski definition) is 3. The third-order valence-electron chi connectivity index (χ3n) is 7.33. The van der Waals surface area contributed by atoms with Gasteiger partial charge in [0.15, 0.2) is 0 Å². The van der Waals surface area contributed by atoms with Gasteiger partial charge in [-0.3, -0.25) is 0 Å². The first-order chi connectivity index (χ1) is 16.1. The average Bonchev–Trinajstić information content (AvgIpc) is 2.82. The minimum atomic E-state index is -5.71. The molecule has 0 N–H and O–H groups in total. The van der Waals surface area contributed by atoms with E-state index in [1.54, 1.807) is 23.1 Å². The molecule has 3 nitrogen and oxygen atoms in total. The van der Waals surface area contributed by atoms with Crippen molar-refractivity contribution in [1.82, 2.24) is 4.90 Å². The van der Waals surface area contributed by atoms with Crippen LogP contribution in [0.5, 0.6) is 0 Å². The van der Waals surface area contributed by atoms with Crippen molar-refractivity contribution in [3.63, 3.8) is 0 Å². The van der Waals surface area contributed by atoms with Crippen molar-refractivity contribution in [3.05, 3.63) is 35.9 Å². The lowest BCUT2D eigenvalue weighted by atomic mass is 9.85. The third kappa shape index (κ3) is 4.98. The van der Waals surface area contributed by atoms with E-state index < -0.39 is 18.0 Å². The molecule has 0 spiro atoms. The predicted octanol–water partition coefficient (Wildman–Crippen LogP) is 7.66. The fourth-order valence-electron chi connectivity index (χ4n) is 5.51. The molecule has 2 aliphatic carbocycles. The average molecular weight is 488 g/mol. The van der Waals surface area contributed by atoms with E-state index in [-0.39, 0.29) is 29.7 Å². The predicted molar refractivity (Wildman–Crippen MR) is 120 cm³/mol. The zero-order valence-electron chi connectivity index (χ0n) is 19.1. The summed E-state index contributed by atoms with van der Waals surface area (Å²) < 4.78 is 85.0. The molecule has 2 saturated carbocycles. The molecular weight excluding hydrogens is 456 g/mol. The maximum atomic E-state index is 14.2. The Balaban J connectivity index is 1.83. The summed E-state index contributed by atoms with van der Waals surface area (Å²) in [5.74, 6) is -0.0911. The van der Waals surface area contributed by atoms with Gasteiger partial charge >= 0.3 is 18.0 Å². The van der Waals surface area contributed by atoms with Gasteiger partial charge in [0, 0.05) is 18.0 Å².